The number of rotatable bonds is 4. The molecule has 1 aliphatic carbocycles. The molecule has 132 valence electrons. The molecule has 1 aromatic carbocycles. The Bertz CT molecular complexity index is 628. The smallest absolute Gasteiger partial charge is 0.471 e. The average molecular weight is 350 g/mol. The number of nitro benzene ring substituents is 1. The fourth-order valence-corrected chi connectivity index (χ4v) is 2.50. The number of alkyl halides is 3. The van der Waals surface area contributed by atoms with E-state index in [9.17, 15) is 32.5 Å². The van der Waals surface area contributed by atoms with E-state index in [1.165, 1.54) is 0 Å². The van der Waals surface area contributed by atoms with Crippen LogP contribution in [-0.4, -0.2) is 29.2 Å². The summed E-state index contributed by atoms with van der Waals surface area (Å²) in [6, 6.07) is 2.19. The lowest BCUT2D eigenvalue weighted by Crippen LogP contribution is -2.45. The molecule has 1 saturated carbocycles. The Morgan fingerprint density at radius 1 is 1.25 bits per heavy atom. The van der Waals surface area contributed by atoms with E-state index in [0.29, 0.717) is 0 Å². The van der Waals surface area contributed by atoms with Gasteiger partial charge in [-0.3, -0.25) is 14.9 Å². The zero-order valence-electron chi connectivity index (χ0n) is 12.3. The third-order valence-corrected chi connectivity index (χ3v) is 3.68. The minimum Gasteiger partial charge on any atom is -0.483 e. The van der Waals surface area contributed by atoms with E-state index < -0.39 is 35.0 Å². The van der Waals surface area contributed by atoms with Gasteiger partial charge in [0.1, 0.15) is 5.82 Å². The molecule has 0 bridgehead atoms. The molecule has 0 aliphatic heterocycles. The molecule has 2 rings (SSSR count). The molecule has 1 amide bonds. The Kier molecular flexibility index (Phi) is 5.25. The van der Waals surface area contributed by atoms with E-state index in [4.69, 9.17) is 4.74 Å². The maximum Gasteiger partial charge on any atom is 0.471 e. The molecule has 1 aliphatic rings. The minimum absolute atomic E-state index is 0.220. The van der Waals surface area contributed by atoms with Crippen LogP contribution in [0.4, 0.5) is 23.2 Å². The molecule has 0 heterocycles. The van der Waals surface area contributed by atoms with Crippen molar-refractivity contribution in [3.05, 3.63) is 34.1 Å². The van der Waals surface area contributed by atoms with Gasteiger partial charge in [-0.15, -0.1) is 0 Å². The summed E-state index contributed by atoms with van der Waals surface area (Å²) in [4.78, 5) is 21.1. The fraction of sp³-hybridized carbons (Fsp3) is 0.500. The highest BCUT2D eigenvalue weighted by Gasteiger charge is 2.40. The quantitative estimate of drug-likeness (QED) is 0.514. The lowest BCUT2D eigenvalue weighted by atomic mass is 9.93. The highest BCUT2D eigenvalue weighted by molar-refractivity contribution is 5.81. The molecule has 0 unspecified atom stereocenters. The Hall–Kier alpha value is -2.39. The molecule has 1 aromatic rings. The third-order valence-electron chi connectivity index (χ3n) is 3.68. The molecule has 0 saturated heterocycles. The summed E-state index contributed by atoms with van der Waals surface area (Å²) in [7, 11) is 0. The summed E-state index contributed by atoms with van der Waals surface area (Å²) in [5, 5.41) is 12.8. The van der Waals surface area contributed by atoms with Crippen molar-refractivity contribution < 1.29 is 32.0 Å². The van der Waals surface area contributed by atoms with Gasteiger partial charge in [0, 0.05) is 18.2 Å². The predicted octanol–water partition coefficient (Wildman–Crippen LogP) is 3.10. The first-order valence-corrected chi connectivity index (χ1v) is 7.15. The first-order valence-electron chi connectivity index (χ1n) is 7.15. The van der Waals surface area contributed by atoms with Crippen LogP contribution in [0.1, 0.15) is 25.7 Å². The van der Waals surface area contributed by atoms with Crippen LogP contribution in [-0.2, 0) is 4.79 Å². The number of halogens is 4. The Morgan fingerprint density at radius 3 is 2.42 bits per heavy atom. The molecular weight excluding hydrogens is 336 g/mol. The number of hydrogen-bond acceptors (Lipinski definition) is 4. The standard InChI is InChI=1S/C14H14F4N2O4/c15-8-1-6-11(20(22)23)12(7-8)24-10-4-2-9(3-5-10)19-13(21)14(16,17)18/h1,6-7,9-10H,2-5H2,(H,19,21). The van der Waals surface area contributed by atoms with Crippen LogP contribution in [0.3, 0.4) is 0 Å². The molecule has 10 heteroatoms. The van der Waals surface area contributed by atoms with E-state index >= 15 is 0 Å². The number of benzene rings is 1. The summed E-state index contributed by atoms with van der Waals surface area (Å²) in [6.45, 7) is 0. The van der Waals surface area contributed by atoms with Gasteiger partial charge in [-0.1, -0.05) is 0 Å². The second-order valence-corrected chi connectivity index (χ2v) is 5.43. The molecular formula is C14H14F4N2O4. The maximum atomic E-state index is 13.2. The molecule has 1 N–H and O–H groups in total. The van der Waals surface area contributed by atoms with E-state index in [2.05, 4.69) is 0 Å². The van der Waals surface area contributed by atoms with Crippen LogP contribution < -0.4 is 10.1 Å². The van der Waals surface area contributed by atoms with Gasteiger partial charge in [0.15, 0.2) is 5.75 Å². The molecule has 6 nitrogen and oxygen atoms in total. The minimum atomic E-state index is -4.93. The number of carbonyl (C=O) groups is 1. The first-order chi connectivity index (χ1) is 11.2. The number of amides is 1. The van der Waals surface area contributed by atoms with Crippen molar-refractivity contribution in [1.82, 2.24) is 5.32 Å². The summed E-state index contributed by atoms with van der Waals surface area (Å²) in [6.07, 6.45) is -4.39. The molecule has 0 spiro atoms. The summed E-state index contributed by atoms with van der Waals surface area (Å²) in [5.74, 6) is -2.91. The van der Waals surface area contributed by atoms with Crippen molar-refractivity contribution in [1.29, 1.82) is 0 Å². The van der Waals surface area contributed by atoms with Crippen LogP contribution in [0.25, 0.3) is 0 Å². The van der Waals surface area contributed by atoms with Crippen molar-refractivity contribution in [3.63, 3.8) is 0 Å². The van der Waals surface area contributed by atoms with Crippen LogP contribution in [0.2, 0.25) is 0 Å². The highest BCUT2D eigenvalue weighted by Crippen LogP contribution is 2.31. The van der Waals surface area contributed by atoms with Gasteiger partial charge >= 0.3 is 17.8 Å². The number of nitro groups is 1. The molecule has 0 radical (unpaired) electrons. The molecule has 1 fully saturated rings. The summed E-state index contributed by atoms with van der Waals surface area (Å²) in [5.41, 5.74) is -0.385. The van der Waals surface area contributed by atoms with Gasteiger partial charge in [0.25, 0.3) is 0 Å². The highest BCUT2D eigenvalue weighted by atomic mass is 19.4. The largest absolute Gasteiger partial charge is 0.483 e. The Balaban J connectivity index is 1.93. The molecule has 0 aromatic heterocycles. The van der Waals surface area contributed by atoms with E-state index in [1.54, 1.807) is 0 Å². The van der Waals surface area contributed by atoms with Gasteiger partial charge in [-0.05, 0) is 31.7 Å². The zero-order valence-corrected chi connectivity index (χ0v) is 12.3. The Labute approximate surface area is 133 Å². The van der Waals surface area contributed by atoms with Crippen molar-refractivity contribution in [2.45, 2.75) is 44.0 Å². The topological polar surface area (TPSA) is 81.5 Å². The second-order valence-electron chi connectivity index (χ2n) is 5.43. The lowest BCUT2D eigenvalue weighted by molar-refractivity contribution is -0.386. The predicted molar refractivity (Wildman–Crippen MR) is 73.9 cm³/mol. The van der Waals surface area contributed by atoms with Crippen LogP contribution in [0.15, 0.2) is 18.2 Å². The number of ether oxygens (including phenoxy) is 1. The van der Waals surface area contributed by atoms with E-state index in [1.807, 2.05) is 5.32 Å². The first kappa shape index (κ1) is 18.0. The number of nitrogens with one attached hydrogen (secondary N) is 1. The molecule has 0 atom stereocenters. The summed E-state index contributed by atoms with van der Waals surface area (Å²) >= 11 is 0. The van der Waals surface area contributed by atoms with Crippen molar-refractivity contribution in [3.8, 4) is 5.75 Å². The number of nitrogens with zero attached hydrogens (tertiary/aromatic N) is 1. The van der Waals surface area contributed by atoms with Gasteiger partial charge in [-0.2, -0.15) is 13.2 Å². The number of hydrogen-bond donors (Lipinski definition) is 1. The van der Waals surface area contributed by atoms with Gasteiger partial charge in [-0.25, -0.2) is 4.39 Å². The van der Waals surface area contributed by atoms with Crippen LogP contribution in [0, 0.1) is 15.9 Å². The van der Waals surface area contributed by atoms with Gasteiger partial charge in [0.05, 0.1) is 11.0 Å². The maximum absolute atomic E-state index is 13.2. The van der Waals surface area contributed by atoms with Crippen molar-refractivity contribution in [2.75, 3.05) is 0 Å². The van der Waals surface area contributed by atoms with Gasteiger partial charge in [0.2, 0.25) is 0 Å². The van der Waals surface area contributed by atoms with Crippen molar-refractivity contribution >= 4 is 11.6 Å². The zero-order chi connectivity index (χ0) is 17.9. The normalized spacial score (nSPS) is 21.2. The van der Waals surface area contributed by atoms with Crippen molar-refractivity contribution in [2.24, 2.45) is 0 Å². The third kappa shape index (κ3) is 4.56. The van der Waals surface area contributed by atoms with E-state index in [0.717, 1.165) is 18.2 Å². The monoisotopic (exact) mass is 350 g/mol. The number of carbonyl (C=O) groups excluding carboxylic acids is 1. The fourth-order valence-electron chi connectivity index (χ4n) is 2.50. The van der Waals surface area contributed by atoms with Crippen LogP contribution >= 0.6 is 0 Å². The second kappa shape index (κ2) is 7.02. The SMILES string of the molecule is O=C(NC1CCC(Oc2cc(F)ccc2[N+](=O)[O-])CC1)C(F)(F)F. The molecule has 24 heavy (non-hydrogen) atoms. The lowest BCUT2D eigenvalue weighted by Gasteiger charge is -2.29. The van der Waals surface area contributed by atoms with Crippen LogP contribution in [0.5, 0.6) is 5.75 Å². The van der Waals surface area contributed by atoms with Gasteiger partial charge < -0.3 is 10.1 Å². The van der Waals surface area contributed by atoms with E-state index in [-0.39, 0.29) is 37.1 Å². The average Bonchev–Trinajstić information content (AvgIpc) is 2.48. The summed E-state index contributed by atoms with van der Waals surface area (Å²) < 4.78 is 55.2. The Morgan fingerprint density at radius 2 is 1.88 bits per heavy atom.